The molecule has 2 N–H and O–H groups in total. The van der Waals surface area contributed by atoms with E-state index in [4.69, 9.17) is 0 Å². The summed E-state index contributed by atoms with van der Waals surface area (Å²) >= 11 is 0. The van der Waals surface area contributed by atoms with E-state index in [0.717, 1.165) is 25.6 Å². The van der Waals surface area contributed by atoms with Crippen LogP contribution >= 0.6 is 0 Å². The van der Waals surface area contributed by atoms with Crippen molar-refractivity contribution in [3.63, 3.8) is 0 Å². The molecular weight excluding hydrogens is 220 g/mol. The molecule has 2 heteroatoms. The van der Waals surface area contributed by atoms with Gasteiger partial charge in [0.05, 0.1) is 0 Å². The summed E-state index contributed by atoms with van der Waals surface area (Å²) in [6, 6.07) is 6.74. The van der Waals surface area contributed by atoms with E-state index < -0.39 is 0 Å². The van der Waals surface area contributed by atoms with Crippen molar-refractivity contribution in [2.75, 3.05) is 13.1 Å². The van der Waals surface area contributed by atoms with Gasteiger partial charge in [-0.2, -0.15) is 0 Å². The molecule has 1 heterocycles. The molecule has 18 heavy (non-hydrogen) atoms. The number of nitrogens with one attached hydrogen (secondary N) is 2. The van der Waals surface area contributed by atoms with E-state index >= 15 is 0 Å². The van der Waals surface area contributed by atoms with Crippen LogP contribution in [-0.4, -0.2) is 13.1 Å². The Morgan fingerprint density at radius 1 is 1.39 bits per heavy atom. The number of benzene rings is 1. The Bertz CT molecular complexity index is 437. The molecule has 0 spiro atoms. The maximum Gasteiger partial charge on any atom is 0.0208 e. The molecule has 0 bridgehead atoms. The average molecular weight is 244 g/mol. The molecule has 0 saturated heterocycles. The molecule has 2 nitrogen and oxygen atoms in total. The predicted octanol–water partition coefficient (Wildman–Crippen LogP) is 2.47. The Balaban J connectivity index is 1.59. The number of fused-ring (bicyclic) bond motifs is 1. The molecule has 1 aliphatic heterocycles. The highest BCUT2D eigenvalue weighted by atomic mass is 14.9. The van der Waals surface area contributed by atoms with Gasteiger partial charge in [-0.15, -0.1) is 0 Å². The van der Waals surface area contributed by atoms with Gasteiger partial charge in [0.2, 0.25) is 0 Å². The van der Waals surface area contributed by atoms with Gasteiger partial charge < -0.3 is 10.6 Å². The molecule has 1 fully saturated rings. The Labute approximate surface area is 110 Å². The van der Waals surface area contributed by atoms with Crippen molar-refractivity contribution in [3.8, 4) is 0 Å². The van der Waals surface area contributed by atoms with Gasteiger partial charge >= 0.3 is 0 Å². The van der Waals surface area contributed by atoms with E-state index in [1.54, 1.807) is 5.56 Å². The second kappa shape index (κ2) is 4.67. The lowest BCUT2D eigenvalue weighted by Crippen LogP contribution is -2.26. The average Bonchev–Trinajstić information content (AvgIpc) is 2.97. The number of hydrogen-bond donors (Lipinski definition) is 2. The first-order valence-electron chi connectivity index (χ1n) is 7.18. The van der Waals surface area contributed by atoms with E-state index in [1.807, 2.05) is 0 Å². The van der Waals surface area contributed by atoms with Gasteiger partial charge in [0.15, 0.2) is 0 Å². The highest BCUT2D eigenvalue weighted by Crippen LogP contribution is 2.50. The van der Waals surface area contributed by atoms with Gasteiger partial charge in [0, 0.05) is 13.1 Å². The zero-order chi connectivity index (χ0) is 12.6. The third-order valence-corrected chi connectivity index (χ3v) is 4.66. The minimum Gasteiger partial charge on any atom is -0.312 e. The molecule has 1 aliphatic carbocycles. The van der Waals surface area contributed by atoms with Crippen molar-refractivity contribution in [1.82, 2.24) is 10.6 Å². The summed E-state index contributed by atoms with van der Waals surface area (Å²) in [5.41, 5.74) is 5.17. The van der Waals surface area contributed by atoms with Gasteiger partial charge in [-0.25, -0.2) is 0 Å². The van der Waals surface area contributed by atoms with Crippen LogP contribution in [-0.2, 0) is 19.5 Å². The standard InChI is InChI=1S/C16H24N2/c1-16(2)8-14(16)11-18-10-13-5-3-4-12-9-17-7-6-15(12)13/h3-5,14,17-18H,6-11H2,1-2H3. The SMILES string of the molecule is CC1(C)CC1CNCc1cccc2c1CCNC2. The topological polar surface area (TPSA) is 24.1 Å². The van der Waals surface area contributed by atoms with Crippen LogP contribution in [0.15, 0.2) is 18.2 Å². The highest BCUT2D eigenvalue weighted by molar-refractivity contribution is 5.36. The Hall–Kier alpha value is -0.860. The van der Waals surface area contributed by atoms with E-state index in [0.29, 0.717) is 5.41 Å². The van der Waals surface area contributed by atoms with E-state index in [-0.39, 0.29) is 0 Å². The largest absolute Gasteiger partial charge is 0.312 e. The van der Waals surface area contributed by atoms with Crippen LogP contribution in [0, 0.1) is 11.3 Å². The summed E-state index contributed by atoms with van der Waals surface area (Å²) in [6.45, 7) is 9.12. The summed E-state index contributed by atoms with van der Waals surface area (Å²) in [7, 11) is 0. The minimum atomic E-state index is 0.590. The fourth-order valence-electron chi connectivity index (χ4n) is 3.08. The van der Waals surface area contributed by atoms with Crippen LogP contribution < -0.4 is 10.6 Å². The summed E-state index contributed by atoms with van der Waals surface area (Å²) < 4.78 is 0. The molecule has 1 saturated carbocycles. The lowest BCUT2D eigenvalue weighted by Gasteiger charge is -2.20. The first kappa shape index (κ1) is 12.2. The second-order valence-corrected chi connectivity index (χ2v) is 6.50. The van der Waals surface area contributed by atoms with Crippen molar-refractivity contribution < 1.29 is 0 Å². The van der Waals surface area contributed by atoms with Crippen LogP contribution in [0.3, 0.4) is 0 Å². The summed E-state index contributed by atoms with van der Waals surface area (Å²) in [6.07, 6.45) is 2.57. The van der Waals surface area contributed by atoms with Crippen LogP contribution in [0.2, 0.25) is 0 Å². The van der Waals surface area contributed by atoms with Crippen LogP contribution in [0.25, 0.3) is 0 Å². The maximum absolute atomic E-state index is 3.65. The molecule has 0 aromatic heterocycles. The first-order valence-corrected chi connectivity index (χ1v) is 7.18. The third kappa shape index (κ3) is 2.45. The van der Waals surface area contributed by atoms with E-state index in [2.05, 4.69) is 42.7 Å². The van der Waals surface area contributed by atoms with Gasteiger partial charge in [-0.3, -0.25) is 0 Å². The first-order chi connectivity index (χ1) is 8.67. The van der Waals surface area contributed by atoms with Gasteiger partial charge in [-0.05, 0) is 54.0 Å². The highest BCUT2D eigenvalue weighted by Gasteiger charge is 2.44. The Morgan fingerprint density at radius 3 is 3.00 bits per heavy atom. The second-order valence-electron chi connectivity index (χ2n) is 6.50. The van der Waals surface area contributed by atoms with E-state index in [1.165, 1.54) is 30.5 Å². The van der Waals surface area contributed by atoms with Crippen LogP contribution in [0.4, 0.5) is 0 Å². The van der Waals surface area contributed by atoms with Crippen molar-refractivity contribution in [3.05, 3.63) is 34.9 Å². The molecule has 1 aromatic rings. The van der Waals surface area contributed by atoms with Crippen molar-refractivity contribution in [2.24, 2.45) is 11.3 Å². The number of hydrogen-bond acceptors (Lipinski definition) is 2. The predicted molar refractivity (Wildman–Crippen MR) is 75.4 cm³/mol. The molecule has 0 amide bonds. The fraction of sp³-hybridized carbons (Fsp3) is 0.625. The molecule has 1 unspecified atom stereocenters. The normalized spacial score (nSPS) is 24.7. The smallest absolute Gasteiger partial charge is 0.0208 e. The lowest BCUT2D eigenvalue weighted by molar-refractivity contribution is 0.518. The molecule has 3 rings (SSSR count). The fourth-order valence-corrected chi connectivity index (χ4v) is 3.08. The third-order valence-electron chi connectivity index (χ3n) is 4.66. The monoisotopic (exact) mass is 244 g/mol. The summed E-state index contributed by atoms with van der Waals surface area (Å²) in [5, 5.41) is 7.09. The van der Waals surface area contributed by atoms with Crippen molar-refractivity contribution in [2.45, 2.75) is 39.8 Å². The summed E-state index contributed by atoms with van der Waals surface area (Å²) in [4.78, 5) is 0. The van der Waals surface area contributed by atoms with Crippen LogP contribution in [0.1, 0.15) is 37.0 Å². The molecule has 0 radical (unpaired) electrons. The molecular formula is C16H24N2. The van der Waals surface area contributed by atoms with Gasteiger partial charge in [0.1, 0.15) is 0 Å². The van der Waals surface area contributed by atoms with Gasteiger partial charge in [0.25, 0.3) is 0 Å². The van der Waals surface area contributed by atoms with E-state index in [9.17, 15) is 0 Å². The quantitative estimate of drug-likeness (QED) is 0.850. The Kier molecular flexibility index (Phi) is 3.16. The maximum atomic E-state index is 3.65. The van der Waals surface area contributed by atoms with Crippen LogP contribution in [0.5, 0.6) is 0 Å². The van der Waals surface area contributed by atoms with Crippen molar-refractivity contribution in [1.29, 1.82) is 0 Å². The molecule has 1 aromatic carbocycles. The lowest BCUT2D eigenvalue weighted by atomic mass is 9.95. The Morgan fingerprint density at radius 2 is 2.22 bits per heavy atom. The number of rotatable bonds is 4. The zero-order valence-corrected chi connectivity index (χ0v) is 11.6. The molecule has 2 aliphatic rings. The summed E-state index contributed by atoms with van der Waals surface area (Å²) in [5.74, 6) is 0.888. The van der Waals surface area contributed by atoms with Gasteiger partial charge in [-0.1, -0.05) is 32.0 Å². The molecule has 98 valence electrons. The van der Waals surface area contributed by atoms with Crippen molar-refractivity contribution >= 4 is 0 Å². The zero-order valence-electron chi connectivity index (χ0n) is 11.6. The minimum absolute atomic E-state index is 0.590. The molecule has 1 atom stereocenters.